The number of rotatable bonds is 4. The summed E-state index contributed by atoms with van der Waals surface area (Å²) in [6, 6.07) is 7.63. The number of nitrogens with one attached hydrogen (secondary N) is 1. The lowest BCUT2D eigenvalue weighted by molar-refractivity contribution is 0.520. The van der Waals surface area contributed by atoms with Crippen LogP contribution in [0.2, 0.25) is 10.0 Å². The molecule has 0 aliphatic heterocycles. The quantitative estimate of drug-likeness (QED) is 0.888. The minimum absolute atomic E-state index is 0.0000463. The maximum absolute atomic E-state index is 6.29. The number of hydrogen-bond acceptors (Lipinski definition) is 2. The monoisotopic (exact) mass is 283 g/mol. The van der Waals surface area contributed by atoms with Gasteiger partial charge in [0, 0.05) is 5.56 Å². The molecule has 2 rings (SSSR count). The van der Waals surface area contributed by atoms with Gasteiger partial charge in [-0.05, 0) is 31.2 Å². The molecule has 0 saturated carbocycles. The molecule has 1 unspecified atom stereocenters. The van der Waals surface area contributed by atoms with Crippen molar-refractivity contribution < 1.29 is 4.42 Å². The van der Waals surface area contributed by atoms with Crippen LogP contribution in [-0.4, -0.2) is 6.54 Å². The van der Waals surface area contributed by atoms with Crippen molar-refractivity contribution >= 4 is 23.2 Å². The summed E-state index contributed by atoms with van der Waals surface area (Å²) in [4.78, 5) is 0. The largest absolute Gasteiger partial charge is 0.469 e. The predicted molar refractivity (Wildman–Crippen MR) is 75.4 cm³/mol. The van der Waals surface area contributed by atoms with Crippen molar-refractivity contribution in [1.29, 1.82) is 0 Å². The van der Waals surface area contributed by atoms with E-state index < -0.39 is 0 Å². The van der Waals surface area contributed by atoms with E-state index in [4.69, 9.17) is 27.6 Å². The SMILES string of the molecule is CCNC(c1ccoc1C)c1cccc(Cl)c1Cl. The minimum atomic E-state index is -0.0000463. The molecule has 0 aliphatic rings. The van der Waals surface area contributed by atoms with Crippen LogP contribution >= 0.6 is 23.2 Å². The van der Waals surface area contributed by atoms with Crippen LogP contribution in [0.4, 0.5) is 0 Å². The molecule has 2 aromatic rings. The Morgan fingerprint density at radius 1 is 1.22 bits per heavy atom. The number of aryl methyl sites for hydroxylation is 1. The van der Waals surface area contributed by atoms with Gasteiger partial charge in [0.1, 0.15) is 5.76 Å². The van der Waals surface area contributed by atoms with Crippen LogP contribution in [0.1, 0.15) is 29.9 Å². The molecule has 1 N–H and O–H groups in total. The second-order valence-corrected chi connectivity index (χ2v) is 4.85. The molecule has 18 heavy (non-hydrogen) atoms. The fourth-order valence-electron chi connectivity index (χ4n) is 2.03. The van der Waals surface area contributed by atoms with Gasteiger partial charge in [-0.25, -0.2) is 0 Å². The molecule has 0 amide bonds. The summed E-state index contributed by atoms with van der Waals surface area (Å²) in [5, 5.41) is 4.56. The Kier molecular flexibility index (Phi) is 4.33. The number of furan rings is 1. The van der Waals surface area contributed by atoms with Crippen molar-refractivity contribution in [2.45, 2.75) is 19.9 Å². The van der Waals surface area contributed by atoms with Gasteiger partial charge in [-0.1, -0.05) is 42.3 Å². The lowest BCUT2D eigenvalue weighted by Crippen LogP contribution is -2.22. The van der Waals surface area contributed by atoms with E-state index in [2.05, 4.69) is 12.2 Å². The maximum atomic E-state index is 6.29. The van der Waals surface area contributed by atoms with Gasteiger partial charge in [0.25, 0.3) is 0 Å². The van der Waals surface area contributed by atoms with Crippen molar-refractivity contribution in [2.75, 3.05) is 6.54 Å². The molecule has 96 valence electrons. The van der Waals surface area contributed by atoms with Gasteiger partial charge in [0.2, 0.25) is 0 Å². The normalized spacial score (nSPS) is 12.7. The molecule has 0 radical (unpaired) electrons. The van der Waals surface area contributed by atoms with Gasteiger partial charge in [0.15, 0.2) is 0 Å². The average Bonchev–Trinajstić information content (AvgIpc) is 2.76. The Balaban J connectivity index is 2.48. The molecular formula is C14H15Cl2NO. The zero-order valence-electron chi connectivity index (χ0n) is 10.3. The predicted octanol–water partition coefficient (Wildman–Crippen LogP) is 4.59. The first kappa shape index (κ1) is 13.5. The number of hydrogen-bond donors (Lipinski definition) is 1. The number of benzene rings is 1. The molecule has 1 aromatic carbocycles. The summed E-state index contributed by atoms with van der Waals surface area (Å²) in [5.41, 5.74) is 2.05. The van der Waals surface area contributed by atoms with Gasteiger partial charge in [-0.15, -0.1) is 0 Å². The third-order valence-electron chi connectivity index (χ3n) is 2.91. The Morgan fingerprint density at radius 2 is 2.00 bits per heavy atom. The second-order valence-electron chi connectivity index (χ2n) is 4.07. The minimum Gasteiger partial charge on any atom is -0.469 e. The topological polar surface area (TPSA) is 25.2 Å². The van der Waals surface area contributed by atoms with E-state index in [0.29, 0.717) is 10.0 Å². The molecule has 1 heterocycles. The summed E-state index contributed by atoms with van der Waals surface area (Å²) < 4.78 is 5.37. The van der Waals surface area contributed by atoms with Gasteiger partial charge in [-0.2, -0.15) is 0 Å². The zero-order valence-corrected chi connectivity index (χ0v) is 11.8. The number of halogens is 2. The molecule has 1 aromatic heterocycles. The van der Waals surface area contributed by atoms with Crippen molar-refractivity contribution in [3.8, 4) is 0 Å². The van der Waals surface area contributed by atoms with Crippen molar-refractivity contribution in [2.24, 2.45) is 0 Å². The Morgan fingerprint density at radius 3 is 2.61 bits per heavy atom. The van der Waals surface area contributed by atoms with E-state index in [9.17, 15) is 0 Å². The van der Waals surface area contributed by atoms with Crippen LogP contribution in [0.3, 0.4) is 0 Å². The van der Waals surface area contributed by atoms with Crippen LogP contribution in [-0.2, 0) is 0 Å². The smallest absolute Gasteiger partial charge is 0.105 e. The molecule has 4 heteroatoms. The summed E-state index contributed by atoms with van der Waals surface area (Å²) >= 11 is 12.4. The fourth-order valence-corrected chi connectivity index (χ4v) is 2.45. The van der Waals surface area contributed by atoms with Gasteiger partial charge < -0.3 is 9.73 Å². The summed E-state index contributed by atoms with van der Waals surface area (Å²) in [6.07, 6.45) is 1.69. The van der Waals surface area contributed by atoms with Crippen LogP contribution in [0, 0.1) is 6.92 Å². The molecule has 1 atom stereocenters. The highest BCUT2D eigenvalue weighted by molar-refractivity contribution is 6.42. The highest BCUT2D eigenvalue weighted by Gasteiger charge is 2.20. The molecule has 0 aliphatic carbocycles. The van der Waals surface area contributed by atoms with E-state index in [1.807, 2.05) is 25.1 Å². The van der Waals surface area contributed by atoms with E-state index in [0.717, 1.165) is 23.4 Å². The van der Waals surface area contributed by atoms with Gasteiger partial charge >= 0.3 is 0 Å². The Labute approximate surface area is 117 Å². The van der Waals surface area contributed by atoms with Crippen molar-refractivity contribution in [1.82, 2.24) is 5.32 Å². The van der Waals surface area contributed by atoms with Crippen LogP contribution in [0.15, 0.2) is 34.9 Å². The third kappa shape index (κ3) is 2.56. The van der Waals surface area contributed by atoms with Crippen molar-refractivity contribution in [3.63, 3.8) is 0 Å². The molecule has 2 nitrogen and oxygen atoms in total. The van der Waals surface area contributed by atoms with E-state index in [1.54, 1.807) is 12.3 Å². The fraction of sp³-hybridized carbons (Fsp3) is 0.286. The average molecular weight is 284 g/mol. The Hall–Kier alpha value is -0.960. The van der Waals surface area contributed by atoms with E-state index in [1.165, 1.54) is 0 Å². The highest BCUT2D eigenvalue weighted by Crippen LogP contribution is 2.34. The standard InChI is InChI=1S/C14H15Cl2NO/c1-3-17-14(10-7-8-18-9(10)2)11-5-4-6-12(15)13(11)16/h4-8,14,17H,3H2,1-2H3. The van der Waals surface area contributed by atoms with Crippen LogP contribution in [0.5, 0.6) is 0 Å². The van der Waals surface area contributed by atoms with Crippen molar-refractivity contribution in [3.05, 3.63) is 57.5 Å². The molecule has 0 saturated heterocycles. The lowest BCUT2D eigenvalue weighted by atomic mass is 9.99. The van der Waals surface area contributed by atoms with Crippen LogP contribution in [0.25, 0.3) is 0 Å². The van der Waals surface area contributed by atoms with Gasteiger partial charge in [-0.3, -0.25) is 0 Å². The van der Waals surface area contributed by atoms with Gasteiger partial charge in [0.05, 0.1) is 22.4 Å². The zero-order chi connectivity index (χ0) is 13.1. The first-order chi connectivity index (χ1) is 8.65. The van der Waals surface area contributed by atoms with Crippen LogP contribution < -0.4 is 5.32 Å². The third-order valence-corrected chi connectivity index (χ3v) is 3.74. The summed E-state index contributed by atoms with van der Waals surface area (Å²) in [6.45, 7) is 4.83. The lowest BCUT2D eigenvalue weighted by Gasteiger charge is -2.19. The molecule has 0 spiro atoms. The second kappa shape index (κ2) is 5.79. The van der Waals surface area contributed by atoms with E-state index >= 15 is 0 Å². The first-order valence-electron chi connectivity index (χ1n) is 5.86. The van der Waals surface area contributed by atoms with E-state index in [-0.39, 0.29) is 6.04 Å². The molecule has 0 bridgehead atoms. The molecular weight excluding hydrogens is 269 g/mol. The highest BCUT2D eigenvalue weighted by atomic mass is 35.5. The summed E-state index contributed by atoms with van der Waals surface area (Å²) in [5.74, 6) is 0.886. The maximum Gasteiger partial charge on any atom is 0.105 e. The Bertz CT molecular complexity index is 536. The first-order valence-corrected chi connectivity index (χ1v) is 6.62. The summed E-state index contributed by atoms with van der Waals surface area (Å²) in [7, 11) is 0. The molecule has 0 fully saturated rings.